The molecule has 0 radical (unpaired) electrons. The van der Waals surface area contributed by atoms with E-state index in [0.717, 1.165) is 0 Å². The first kappa shape index (κ1) is 18.9. The molecule has 0 saturated heterocycles. The second-order valence-corrected chi connectivity index (χ2v) is 5.36. The van der Waals surface area contributed by atoms with Crippen LogP contribution in [0.5, 0.6) is 17.2 Å². The summed E-state index contributed by atoms with van der Waals surface area (Å²) in [6, 6.07) is 1.64. The van der Waals surface area contributed by atoms with Crippen LogP contribution in [0.3, 0.4) is 0 Å². The number of phenolic OH excluding ortho intramolecular Hbond substituents is 1. The molecule has 1 aliphatic heterocycles. The maximum Gasteiger partial charge on any atom is 0.343 e. The van der Waals surface area contributed by atoms with Gasteiger partial charge in [0.2, 0.25) is 11.3 Å². The first-order valence-electron chi connectivity index (χ1n) is 8.04. The standard InChI is InChI=1S/C17H23NO7/c1-5-24-15(20)17(16(21)25-6-2)12-10(7-8-18-17)9-11(22-3)14(23-4)13(12)19/h9,18-19H,5-8H2,1-4H3. The zero-order chi connectivity index (χ0) is 18.6. The van der Waals surface area contributed by atoms with E-state index in [0.29, 0.717) is 24.3 Å². The van der Waals surface area contributed by atoms with Crippen molar-refractivity contribution >= 4 is 11.9 Å². The number of hydrogen-bond acceptors (Lipinski definition) is 8. The van der Waals surface area contributed by atoms with E-state index in [1.165, 1.54) is 14.2 Å². The lowest BCUT2D eigenvalue weighted by Gasteiger charge is -2.36. The Morgan fingerprint density at radius 1 is 1.16 bits per heavy atom. The summed E-state index contributed by atoms with van der Waals surface area (Å²) in [6.45, 7) is 3.74. The third-order valence-electron chi connectivity index (χ3n) is 4.05. The largest absolute Gasteiger partial charge is 0.504 e. The summed E-state index contributed by atoms with van der Waals surface area (Å²) < 4.78 is 20.6. The lowest BCUT2D eigenvalue weighted by molar-refractivity contribution is -0.167. The molecule has 1 aliphatic rings. The van der Waals surface area contributed by atoms with Gasteiger partial charge in [-0.1, -0.05) is 0 Å². The number of benzene rings is 1. The molecule has 8 nitrogen and oxygen atoms in total. The fraction of sp³-hybridized carbons (Fsp3) is 0.529. The normalized spacial score (nSPS) is 15.0. The molecule has 2 N–H and O–H groups in total. The molecule has 0 saturated carbocycles. The van der Waals surface area contributed by atoms with Crippen molar-refractivity contribution in [1.29, 1.82) is 0 Å². The van der Waals surface area contributed by atoms with Crippen LogP contribution < -0.4 is 14.8 Å². The Hall–Kier alpha value is -2.48. The summed E-state index contributed by atoms with van der Waals surface area (Å²) >= 11 is 0. The lowest BCUT2D eigenvalue weighted by atomic mass is 9.81. The summed E-state index contributed by atoms with van der Waals surface area (Å²) in [7, 11) is 2.80. The van der Waals surface area contributed by atoms with Crippen LogP contribution in [0.25, 0.3) is 0 Å². The lowest BCUT2D eigenvalue weighted by Crippen LogP contribution is -2.59. The molecule has 2 rings (SSSR count). The molecule has 138 valence electrons. The first-order valence-corrected chi connectivity index (χ1v) is 8.04. The van der Waals surface area contributed by atoms with Crippen molar-refractivity contribution in [1.82, 2.24) is 5.32 Å². The number of nitrogens with one attached hydrogen (secondary N) is 1. The van der Waals surface area contributed by atoms with Gasteiger partial charge in [-0.25, -0.2) is 9.59 Å². The maximum absolute atomic E-state index is 12.7. The van der Waals surface area contributed by atoms with Gasteiger partial charge in [0.05, 0.1) is 27.4 Å². The predicted molar refractivity (Wildman–Crippen MR) is 87.9 cm³/mol. The third kappa shape index (κ3) is 2.97. The molecule has 25 heavy (non-hydrogen) atoms. The van der Waals surface area contributed by atoms with Gasteiger partial charge in [-0.2, -0.15) is 0 Å². The molecule has 1 heterocycles. The van der Waals surface area contributed by atoms with E-state index in [9.17, 15) is 14.7 Å². The van der Waals surface area contributed by atoms with Gasteiger partial charge in [-0.15, -0.1) is 0 Å². The van der Waals surface area contributed by atoms with E-state index >= 15 is 0 Å². The van der Waals surface area contributed by atoms with Gasteiger partial charge in [0, 0.05) is 12.1 Å². The number of carbonyl (C=O) groups excluding carboxylic acids is 2. The Kier molecular flexibility index (Phi) is 5.73. The first-order chi connectivity index (χ1) is 12.0. The van der Waals surface area contributed by atoms with Gasteiger partial charge in [0.15, 0.2) is 11.5 Å². The highest BCUT2D eigenvalue weighted by molar-refractivity contribution is 6.07. The molecular formula is C17H23NO7. The van der Waals surface area contributed by atoms with E-state index in [4.69, 9.17) is 18.9 Å². The van der Waals surface area contributed by atoms with E-state index in [1.807, 2.05) is 0 Å². The predicted octanol–water partition coefficient (Wildman–Crippen LogP) is 0.877. The Morgan fingerprint density at radius 3 is 2.24 bits per heavy atom. The number of carbonyl (C=O) groups is 2. The van der Waals surface area contributed by atoms with E-state index < -0.39 is 17.5 Å². The average molecular weight is 353 g/mol. The van der Waals surface area contributed by atoms with E-state index in [1.54, 1.807) is 19.9 Å². The zero-order valence-corrected chi connectivity index (χ0v) is 14.8. The minimum atomic E-state index is -1.96. The molecule has 0 amide bonds. The highest BCUT2D eigenvalue weighted by Gasteiger charge is 2.55. The van der Waals surface area contributed by atoms with Crippen LogP contribution in [0, 0.1) is 0 Å². The summed E-state index contributed by atoms with van der Waals surface area (Å²) in [5, 5.41) is 13.6. The van der Waals surface area contributed by atoms with Crippen molar-refractivity contribution < 1.29 is 33.6 Å². The summed E-state index contributed by atoms with van der Waals surface area (Å²) in [5.41, 5.74) is -1.30. The van der Waals surface area contributed by atoms with Gasteiger partial charge in [0.1, 0.15) is 0 Å². The van der Waals surface area contributed by atoms with Crippen molar-refractivity contribution in [3.8, 4) is 17.2 Å². The molecule has 1 aromatic rings. The molecule has 0 aromatic heterocycles. The number of rotatable bonds is 6. The van der Waals surface area contributed by atoms with Crippen LogP contribution in [-0.4, -0.2) is 51.0 Å². The number of fused-ring (bicyclic) bond motifs is 1. The fourth-order valence-corrected chi connectivity index (χ4v) is 3.03. The summed E-state index contributed by atoms with van der Waals surface area (Å²) in [5.74, 6) is -1.69. The molecular weight excluding hydrogens is 330 g/mol. The number of ether oxygens (including phenoxy) is 4. The van der Waals surface area contributed by atoms with Crippen molar-refractivity contribution in [2.24, 2.45) is 0 Å². The summed E-state index contributed by atoms with van der Waals surface area (Å²) in [6.07, 6.45) is 0.476. The Bertz CT molecular complexity index is 653. The minimum absolute atomic E-state index is 0.0305. The van der Waals surface area contributed by atoms with E-state index in [2.05, 4.69) is 5.32 Å². The second-order valence-electron chi connectivity index (χ2n) is 5.36. The van der Waals surface area contributed by atoms with Crippen LogP contribution in [0.15, 0.2) is 6.07 Å². The molecule has 0 spiro atoms. The Morgan fingerprint density at radius 2 is 1.76 bits per heavy atom. The smallest absolute Gasteiger partial charge is 0.343 e. The Labute approximate surface area is 146 Å². The molecule has 0 fully saturated rings. The molecule has 8 heteroatoms. The molecule has 0 atom stereocenters. The molecule has 0 aliphatic carbocycles. The van der Waals surface area contributed by atoms with Gasteiger partial charge < -0.3 is 24.1 Å². The van der Waals surface area contributed by atoms with Crippen LogP contribution in [0.2, 0.25) is 0 Å². The van der Waals surface area contributed by atoms with Crippen LogP contribution in [0.4, 0.5) is 0 Å². The third-order valence-corrected chi connectivity index (χ3v) is 4.05. The van der Waals surface area contributed by atoms with Gasteiger partial charge in [-0.05, 0) is 31.9 Å². The number of hydrogen-bond donors (Lipinski definition) is 2. The quantitative estimate of drug-likeness (QED) is 0.574. The van der Waals surface area contributed by atoms with Crippen molar-refractivity contribution in [2.45, 2.75) is 25.8 Å². The van der Waals surface area contributed by atoms with Crippen molar-refractivity contribution in [2.75, 3.05) is 34.0 Å². The molecule has 1 aromatic carbocycles. The second kappa shape index (κ2) is 7.60. The average Bonchev–Trinajstić information content (AvgIpc) is 2.61. The highest BCUT2D eigenvalue weighted by atomic mass is 16.6. The van der Waals surface area contributed by atoms with Crippen LogP contribution in [0.1, 0.15) is 25.0 Å². The zero-order valence-electron chi connectivity index (χ0n) is 14.8. The topological polar surface area (TPSA) is 103 Å². The SMILES string of the molecule is CCOC(=O)C1(C(=O)OCC)NCCc2cc(OC)c(OC)c(O)c21. The fourth-order valence-electron chi connectivity index (χ4n) is 3.03. The minimum Gasteiger partial charge on any atom is -0.504 e. The number of phenols is 1. The number of esters is 2. The van der Waals surface area contributed by atoms with Gasteiger partial charge in [0.25, 0.3) is 0 Å². The number of methoxy groups -OCH3 is 2. The maximum atomic E-state index is 12.7. The number of aromatic hydroxyl groups is 1. The van der Waals surface area contributed by atoms with Crippen molar-refractivity contribution in [3.63, 3.8) is 0 Å². The van der Waals surface area contributed by atoms with Crippen LogP contribution in [-0.2, 0) is 31.0 Å². The molecule has 0 bridgehead atoms. The monoisotopic (exact) mass is 353 g/mol. The van der Waals surface area contributed by atoms with Crippen molar-refractivity contribution in [3.05, 3.63) is 17.2 Å². The van der Waals surface area contributed by atoms with Gasteiger partial charge >= 0.3 is 11.9 Å². The highest BCUT2D eigenvalue weighted by Crippen LogP contribution is 2.47. The summed E-state index contributed by atoms with van der Waals surface area (Å²) in [4.78, 5) is 25.5. The molecule has 0 unspecified atom stereocenters. The van der Waals surface area contributed by atoms with E-state index in [-0.39, 0.29) is 30.3 Å². The Balaban J connectivity index is 2.77. The van der Waals surface area contributed by atoms with Gasteiger partial charge in [-0.3, -0.25) is 5.32 Å². The van der Waals surface area contributed by atoms with Crippen LogP contribution >= 0.6 is 0 Å².